The zero-order chi connectivity index (χ0) is 13.1. The molecule has 0 aliphatic heterocycles. The third-order valence-corrected chi connectivity index (χ3v) is 3.32. The molecule has 1 aromatic heterocycles. The molecule has 18 heavy (non-hydrogen) atoms. The zero-order valence-corrected chi connectivity index (χ0v) is 11.1. The molecule has 2 rings (SSSR count). The SMILES string of the molecule is C[C@H](NCc1ncc(Cl)n1C)c1ccc(F)cc1. The van der Waals surface area contributed by atoms with E-state index in [4.69, 9.17) is 11.6 Å². The minimum Gasteiger partial charge on any atom is -0.321 e. The molecule has 0 fully saturated rings. The largest absolute Gasteiger partial charge is 0.321 e. The van der Waals surface area contributed by atoms with Crippen molar-refractivity contribution in [2.24, 2.45) is 7.05 Å². The number of nitrogens with one attached hydrogen (secondary N) is 1. The fourth-order valence-corrected chi connectivity index (χ4v) is 1.85. The molecule has 0 radical (unpaired) electrons. The van der Waals surface area contributed by atoms with Crippen LogP contribution in [0, 0.1) is 5.82 Å². The van der Waals surface area contributed by atoms with Crippen molar-refractivity contribution in [1.82, 2.24) is 14.9 Å². The van der Waals surface area contributed by atoms with E-state index in [1.54, 1.807) is 18.3 Å². The normalized spacial score (nSPS) is 12.7. The number of rotatable bonds is 4. The summed E-state index contributed by atoms with van der Waals surface area (Å²) in [5.41, 5.74) is 1.04. The minimum atomic E-state index is -0.221. The minimum absolute atomic E-state index is 0.126. The van der Waals surface area contributed by atoms with Gasteiger partial charge in [0.05, 0.1) is 12.7 Å². The number of halogens is 2. The summed E-state index contributed by atoms with van der Waals surface area (Å²) in [4.78, 5) is 4.20. The van der Waals surface area contributed by atoms with Gasteiger partial charge in [0, 0.05) is 13.1 Å². The molecule has 3 nitrogen and oxygen atoms in total. The molecule has 0 aliphatic carbocycles. The van der Waals surface area contributed by atoms with Gasteiger partial charge >= 0.3 is 0 Å². The van der Waals surface area contributed by atoms with Gasteiger partial charge in [-0.25, -0.2) is 9.37 Å². The lowest BCUT2D eigenvalue weighted by Gasteiger charge is -2.14. The van der Waals surface area contributed by atoms with E-state index >= 15 is 0 Å². The summed E-state index contributed by atoms with van der Waals surface area (Å²) in [7, 11) is 1.87. The van der Waals surface area contributed by atoms with Gasteiger partial charge in [-0.1, -0.05) is 23.7 Å². The van der Waals surface area contributed by atoms with Crippen LogP contribution in [0.3, 0.4) is 0 Å². The second-order valence-corrected chi connectivity index (χ2v) is 4.60. The number of benzene rings is 1. The highest BCUT2D eigenvalue weighted by Gasteiger charge is 2.08. The van der Waals surface area contributed by atoms with Crippen LogP contribution < -0.4 is 5.32 Å². The van der Waals surface area contributed by atoms with Crippen LogP contribution in [0.2, 0.25) is 5.15 Å². The molecule has 5 heteroatoms. The maximum Gasteiger partial charge on any atom is 0.128 e. The molecule has 96 valence electrons. The smallest absolute Gasteiger partial charge is 0.128 e. The van der Waals surface area contributed by atoms with Gasteiger partial charge < -0.3 is 9.88 Å². The Labute approximate surface area is 111 Å². The van der Waals surface area contributed by atoms with Gasteiger partial charge in [-0.3, -0.25) is 0 Å². The summed E-state index contributed by atoms with van der Waals surface area (Å²) in [5, 5.41) is 3.94. The third-order valence-electron chi connectivity index (χ3n) is 2.96. The maximum absolute atomic E-state index is 12.8. The van der Waals surface area contributed by atoms with Crippen LogP contribution in [0.15, 0.2) is 30.5 Å². The van der Waals surface area contributed by atoms with Crippen LogP contribution in [-0.2, 0) is 13.6 Å². The van der Waals surface area contributed by atoms with E-state index in [0.717, 1.165) is 11.4 Å². The Hall–Kier alpha value is -1.39. The standard InChI is InChI=1S/C13H15ClFN3/c1-9(10-3-5-11(15)6-4-10)16-8-13-17-7-12(14)18(13)2/h3-7,9,16H,8H2,1-2H3/t9-/m0/s1. The Kier molecular flexibility index (Phi) is 3.99. The van der Waals surface area contributed by atoms with Crippen molar-refractivity contribution in [3.63, 3.8) is 0 Å². The second kappa shape index (κ2) is 5.50. The van der Waals surface area contributed by atoms with Gasteiger partial charge in [0.2, 0.25) is 0 Å². The van der Waals surface area contributed by atoms with Crippen LogP contribution in [-0.4, -0.2) is 9.55 Å². The highest BCUT2D eigenvalue weighted by atomic mass is 35.5. The number of hydrogen-bond acceptors (Lipinski definition) is 2. The fourth-order valence-electron chi connectivity index (χ4n) is 1.70. The summed E-state index contributed by atoms with van der Waals surface area (Å²) >= 11 is 5.91. The molecule has 0 saturated carbocycles. The predicted octanol–water partition coefficient (Wildman–Crippen LogP) is 3.06. The molecular formula is C13H15ClFN3. The molecule has 0 amide bonds. The van der Waals surface area contributed by atoms with Crippen molar-refractivity contribution in [2.45, 2.75) is 19.5 Å². The van der Waals surface area contributed by atoms with Crippen LogP contribution in [0.1, 0.15) is 24.4 Å². The van der Waals surface area contributed by atoms with Crippen LogP contribution in [0.5, 0.6) is 0 Å². The van der Waals surface area contributed by atoms with Crippen molar-refractivity contribution < 1.29 is 4.39 Å². The fraction of sp³-hybridized carbons (Fsp3) is 0.308. The Balaban J connectivity index is 1.98. The average molecular weight is 268 g/mol. The van der Waals surface area contributed by atoms with Gasteiger partial charge in [-0.05, 0) is 24.6 Å². The average Bonchev–Trinajstić information content (AvgIpc) is 2.68. The molecule has 1 heterocycles. The third kappa shape index (κ3) is 2.89. The first-order chi connectivity index (χ1) is 8.58. The highest BCUT2D eigenvalue weighted by Crippen LogP contribution is 2.14. The highest BCUT2D eigenvalue weighted by molar-refractivity contribution is 6.29. The first-order valence-corrected chi connectivity index (χ1v) is 6.10. The van der Waals surface area contributed by atoms with Crippen molar-refractivity contribution >= 4 is 11.6 Å². The van der Waals surface area contributed by atoms with Gasteiger partial charge in [-0.2, -0.15) is 0 Å². The van der Waals surface area contributed by atoms with Gasteiger partial charge in [0.1, 0.15) is 16.8 Å². The van der Waals surface area contributed by atoms with Crippen molar-refractivity contribution in [2.75, 3.05) is 0 Å². The summed E-state index contributed by atoms with van der Waals surface area (Å²) in [6.07, 6.45) is 1.63. The number of hydrogen-bond donors (Lipinski definition) is 1. The van der Waals surface area contributed by atoms with E-state index in [1.165, 1.54) is 12.1 Å². The van der Waals surface area contributed by atoms with Crippen LogP contribution >= 0.6 is 11.6 Å². The van der Waals surface area contributed by atoms with Crippen molar-refractivity contribution in [3.8, 4) is 0 Å². The summed E-state index contributed by atoms with van der Waals surface area (Å²) < 4.78 is 14.6. The zero-order valence-electron chi connectivity index (χ0n) is 10.3. The van der Waals surface area contributed by atoms with E-state index in [2.05, 4.69) is 10.3 Å². The first-order valence-electron chi connectivity index (χ1n) is 5.73. The van der Waals surface area contributed by atoms with Gasteiger partial charge in [0.15, 0.2) is 0 Å². The Bertz CT molecular complexity index is 522. The lowest BCUT2D eigenvalue weighted by Crippen LogP contribution is -2.20. The summed E-state index contributed by atoms with van der Waals surface area (Å²) in [5.74, 6) is 0.649. The maximum atomic E-state index is 12.8. The lowest BCUT2D eigenvalue weighted by atomic mass is 10.1. The molecule has 0 bridgehead atoms. The van der Waals surface area contributed by atoms with E-state index in [1.807, 2.05) is 18.5 Å². The number of nitrogens with zero attached hydrogens (tertiary/aromatic N) is 2. The monoisotopic (exact) mass is 267 g/mol. The lowest BCUT2D eigenvalue weighted by molar-refractivity contribution is 0.547. The van der Waals surface area contributed by atoms with Crippen molar-refractivity contribution in [3.05, 3.63) is 52.8 Å². The number of imidazole rings is 1. The first kappa shape index (κ1) is 13.1. The van der Waals surface area contributed by atoms with Gasteiger partial charge in [0.25, 0.3) is 0 Å². The summed E-state index contributed by atoms with van der Waals surface area (Å²) in [6.45, 7) is 2.64. The molecule has 0 aliphatic rings. The quantitative estimate of drug-likeness (QED) is 0.923. The van der Waals surface area contributed by atoms with Crippen molar-refractivity contribution in [1.29, 1.82) is 0 Å². The molecule has 2 aromatic rings. The molecule has 1 N–H and O–H groups in total. The van der Waals surface area contributed by atoms with E-state index in [0.29, 0.717) is 11.7 Å². The summed E-state index contributed by atoms with van der Waals surface area (Å²) in [6, 6.07) is 6.61. The molecule has 0 spiro atoms. The van der Waals surface area contributed by atoms with E-state index in [-0.39, 0.29) is 11.9 Å². The van der Waals surface area contributed by atoms with E-state index < -0.39 is 0 Å². The molecule has 0 saturated heterocycles. The molecular weight excluding hydrogens is 253 g/mol. The van der Waals surface area contributed by atoms with E-state index in [9.17, 15) is 4.39 Å². The second-order valence-electron chi connectivity index (χ2n) is 4.21. The Morgan fingerprint density at radius 3 is 2.61 bits per heavy atom. The van der Waals surface area contributed by atoms with Crippen LogP contribution in [0.25, 0.3) is 0 Å². The Morgan fingerprint density at radius 2 is 2.06 bits per heavy atom. The van der Waals surface area contributed by atoms with Crippen LogP contribution in [0.4, 0.5) is 4.39 Å². The molecule has 0 unspecified atom stereocenters. The Morgan fingerprint density at radius 1 is 1.39 bits per heavy atom. The predicted molar refractivity (Wildman–Crippen MR) is 69.9 cm³/mol. The molecule has 1 aromatic carbocycles. The molecule has 1 atom stereocenters. The topological polar surface area (TPSA) is 29.9 Å². The number of aromatic nitrogens is 2. The van der Waals surface area contributed by atoms with Gasteiger partial charge in [-0.15, -0.1) is 0 Å².